The van der Waals surface area contributed by atoms with Gasteiger partial charge in [-0.15, -0.1) is 0 Å². The quantitative estimate of drug-likeness (QED) is 0.292. The summed E-state index contributed by atoms with van der Waals surface area (Å²) in [4.78, 5) is 47.0. The van der Waals surface area contributed by atoms with Gasteiger partial charge in [-0.25, -0.2) is 15.0 Å². The van der Waals surface area contributed by atoms with E-state index in [0.29, 0.717) is 28.8 Å². The second-order valence-corrected chi connectivity index (χ2v) is 9.40. The number of anilines is 2. The minimum atomic E-state index is -0.314. The predicted octanol–water partition coefficient (Wildman–Crippen LogP) is 4.25. The lowest BCUT2D eigenvalue weighted by molar-refractivity contribution is 0.0935. The molecule has 0 radical (unpaired) electrons. The van der Waals surface area contributed by atoms with Gasteiger partial charge in [0.1, 0.15) is 11.5 Å². The summed E-state index contributed by atoms with van der Waals surface area (Å²) in [6.07, 6.45) is 6.68. The number of rotatable bonds is 8. The Labute approximate surface area is 236 Å². The molecule has 0 aliphatic heterocycles. The van der Waals surface area contributed by atoms with Crippen LogP contribution >= 0.6 is 0 Å². The fourth-order valence-electron chi connectivity index (χ4n) is 4.03. The summed E-state index contributed by atoms with van der Waals surface area (Å²) in [5.74, 6) is 1.21. The standard InChI is InChI=1S/C30H28N8O3/c1-18-13-26(36-23-11-12-38(3)28(39)14-23)37-29(34-18)22-6-9-25(32-17-22)30(40)35-19(2)20-5-8-24(31-15-20)21-7-10-27(41-4)33-16-21/h5-17,19H,1-4H3,(H,35,40)(H,34,36,37). The number of aryl methyl sites for hydroxylation is 2. The van der Waals surface area contributed by atoms with Crippen molar-refractivity contribution in [2.75, 3.05) is 12.4 Å². The lowest BCUT2D eigenvalue weighted by Crippen LogP contribution is -2.27. The highest BCUT2D eigenvalue weighted by Gasteiger charge is 2.15. The van der Waals surface area contributed by atoms with Gasteiger partial charge in [-0.2, -0.15) is 0 Å². The third-order valence-electron chi connectivity index (χ3n) is 6.36. The fraction of sp³-hybridized carbons (Fsp3) is 0.167. The van der Waals surface area contributed by atoms with Crippen molar-refractivity contribution in [1.82, 2.24) is 34.8 Å². The zero-order valence-corrected chi connectivity index (χ0v) is 23.0. The lowest BCUT2D eigenvalue weighted by Gasteiger charge is -2.14. The Morgan fingerprint density at radius 3 is 2.39 bits per heavy atom. The van der Waals surface area contributed by atoms with E-state index < -0.39 is 0 Å². The van der Waals surface area contributed by atoms with Gasteiger partial charge >= 0.3 is 0 Å². The van der Waals surface area contributed by atoms with E-state index in [1.807, 2.05) is 32.0 Å². The van der Waals surface area contributed by atoms with Crippen LogP contribution in [0.2, 0.25) is 0 Å². The number of nitrogens with one attached hydrogen (secondary N) is 2. The second kappa shape index (κ2) is 11.7. The van der Waals surface area contributed by atoms with Crippen LogP contribution in [0.4, 0.5) is 11.5 Å². The molecule has 0 aliphatic carbocycles. The van der Waals surface area contributed by atoms with Crippen LogP contribution in [-0.4, -0.2) is 42.5 Å². The molecule has 11 nitrogen and oxygen atoms in total. The van der Waals surface area contributed by atoms with Crippen molar-refractivity contribution in [2.24, 2.45) is 7.05 Å². The number of carbonyl (C=O) groups is 1. The Morgan fingerprint density at radius 2 is 1.73 bits per heavy atom. The molecule has 5 heterocycles. The Kier molecular flexibility index (Phi) is 7.77. The van der Waals surface area contributed by atoms with E-state index in [0.717, 1.165) is 22.5 Å². The number of pyridine rings is 4. The van der Waals surface area contributed by atoms with Gasteiger partial charge in [0.25, 0.3) is 11.5 Å². The molecule has 0 aliphatic rings. The van der Waals surface area contributed by atoms with Gasteiger partial charge < -0.3 is 19.9 Å². The molecule has 2 N–H and O–H groups in total. The van der Waals surface area contributed by atoms with E-state index >= 15 is 0 Å². The van der Waals surface area contributed by atoms with Crippen molar-refractivity contribution < 1.29 is 9.53 Å². The summed E-state index contributed by atoms with van der Waals surface area (Å²) in [7, 11) is 3.26. The molecule has 41 heavy (non-hydrogen) atoms. The van der Waals surface area contributed by atoms with Crippen LogP contribution < -0.4 is 20.9 Å². The number of carbonyl (C=O) groups excluding carboxylic acids is 1. The summed E-state index contributed by atoms with van der Waals surface area (Å²) in [6, 6.07) is 15.6. The summed E-state index contributed by atoms with van der Waals surface area (Å²) in [5.41, 5.74) is 4.63. The number of aromatic nitrogens is 6. The maximum Gasteiger partial charge on any atom is 0.270 e. The monoisotopic (exact) mass is 548 g/mol. The SMILES string of the molecule is COc1ccc(-c2ccc(C(C)NC(=O)c3ccc(-c4nc(C)cc(Nc5ccn(C)c(=O)c5)n4)cn3)cn2)cn1. The Morgan fingerprint density at radius 1 is 0.927 bits per heavy atom. The van der Waals surface area contributed by atoms with Gasteiger partial charge in [0.15, 0.2) is 5.82 Å². The smallest absolute Gasteiger partial charge is 0.270 e. The molecule has 0 saturated carbocycles. The highest BCUT2D eigenvalue weighted by Crippen LogP contribution is 2.22. The van der Waals surface area contributed by atoms with E-state index in [1.54, 1.807) is 69.3 Å². The highest BCUT2D eigenvalue weighted by molar-refractivity contribution is 5.92. The zero-order chi connectivity index (χ0) is 28.9. The summed E-state index contributed by atoms with van der Waals surface area (Å²) < 4.78 is 6.59. The third-order valence-corrected chi connectivity index (χ3v) is 6.36. The van der Waals surface area contributed by atoms with Gasteiger partial charge in [0.05, 0.1) is 18.8 Å². The summed E-state index contributed by atoms with van der Waals surface area (Å²) >= 11 is 0. The molecule has 0 spiro atoms. The minimum Gasteiger partial charge on any atom is -0.481 e. The predicted molar refractivity (Wildman–Crippen MR) is 155 cm³/mol. The van der Waals surface area contributed by atoms with Crippen molar-refractivity contribution in [2.45, 2.75) is 19.9 Å². The topological polar surface area (TPSA) is 137 Å². The van der Waals surface area contributed by atoms with Crippen LogP contribution in [0, 0.1) is 6.92 Å². The first-order valence-electron chi connectivity index (χ1n) is 12.8. The number of nitrogens with zero attached hydrogens (tertiary/aromatic N) is 6. The first-order chi connectivity index (χ1) is 19.8. The maximum absolute atomic E-state index is 12.9. The molecule has 0 fully saturated rings. The van der Waals surface area contributed by atoms with E-state index in [4.69, 9.17) is 4.74 Å². The van der Waals surface area contributed by atoms with Crippen molar-refractivity contribution in [1.29, 1.82) is 0 Å². The van der Waals surface area contributed by atoms with E-state index in [1.165, 1.54) is 10.6 Å². The normalized spacial score (nSPS) is 11.5. The Bertz CT molecular complexity index is 1730. The number of ether oxygens (including phenoxy) is 1. The third kappa shape index (κ3) is 6.41. The van der Waals surface area contributed by atoms with E-state index in [2.05, 4.69) is 35.6 Å². The first-order valence-corrected chi connectivity index (χ1v) is 12.8. The van der Waals surface area contributed by atoms with Crippen LogP contribution in [0.15, 0.2) is 84.2 Å². The zero-order valence-electron chi connectivity index (χ0n) is 23.0. The van der Waals surface area contributed by atoms with Crippen LogP contribution in [0.1, 0.15) is 34.7 Å². The van der Waals surface area contributed by atoms with Crippen molar-refractivity contribution in [3.05, 3.63) is 107 Å². The molecule has 5 aromatic heterocycles. The number of hydrogen-bond donors (Lipinski definition) is 2. The minimum absolute atomic E-state index is 0.132. The van der Waals surface area contributed by atoms with Crippen molar-refractivity contribution in [3.63, 3.8) is 0 Å². The first kappa shape index (κ1) is 27.1. The average molecular weight is 549 g/mol. The molecular formula is C30H28N8O3. The van der Waals surface area contributed by atoms with Gasteiger partial charge in [-0.05, 0) is 49.7 Å². The number of methoxy groups -OCH3 is 1. The fourth-order valence-corrected chi connectivity index (χ4v) is 4.03. The lowest BCUT2D eigenvalue weighted by atomic mass is 10.1. The molecule has 0 aromatic carbocycles. The van der Waals surface area contributed by atoms with Gasteiger partial charge in [-0.1, -0.05) is 6.07 Å². The molecule has 1 unspecified atom stereocenters. The molecule has 5 aromatic rings. The average Bonchev–Trinajstić information content (AvgIpc) is 2.99. The molecule has 0 saturated heterocycles. The van der Waals surface area contributed by atoms with Crippen LogP contribution in [0.25, 0.3) is 22.6 Å². The van der Waals surface area contributed by atoms with Crippen LogP contribution in [0.3, 0.4) is 0 Å². The summed E-state index contributed by atoms with van der Waals surface area (Å²) in [5, 5.41) is 6.11. The van der Waals surface area contributed by atoms with Gasteiger partial charge in [0, 0.05) is 72.5 Å². The largest absolute Gasteiger partial charge is 0.481 e. The molecule has 5 rings (SSSR count). The molecular weight excluding hydrogens is 520 g/mol. The Hall–Kier alpha value is -5.45. The van der Waals surface area contributed by atoms with Gasteiger partial charge in [0.2, 0.25) is 5.88 Å². The van der Waals surface area contributed by atoms with Crippen LogP contribution in [0.5, 0.6) is 5.88 Å². The van der Waals surface area contributed by atoms with E-state index in [-0.39, 0.29) is 23.2 Å². The molecule has 206 valence electrons. The van der Waals surface area contributed by atoms with Crippen molar-refractivity contribution >= 4 is 17.4 Å². The molecule has 1 amide bonds. The summed E-state index contributed by atoms with van der Waals surface area (Å²) in [6.45, 7) is 3.74. The maximum atomic E-state index is 12.9. The van der Waals surface area contributed by atoms with E-state index in [9.17, 15) is 9.59 Å². The molecule has 11 heteroatoms. The second-order valence-electron chi connectivity index (χ2n) is 9.40. The van der Waals surface area contributed by atoms with Gasteiger partial charge in [-0.3, -0.25) is 19.6 Å². The Balaban J connectivity index is 1.25. The molecule has 1 atom stereocenters. The number of hydrogen-bond acceptors (Lipinski definition) is 9. The van der Waals surface area contributed by atoms with Crippen LogP contribution in [-0.2, 0) is 7.05 Å². The molecule has 0 bridgehead atoms. The van der Waals surface area contributed by atoms with Crippen molar-refractivity contribution in [3.8, 4) is 28.5 Å². The number of amides is 1. The highest BCUT2D eigenvalue weighted by atomic mass is 16.5.